The molecule has 0 atom stereocenters. The molecule has 18 heavy (non-hydrogen) atoms. The number of nitrogens with one attached hydrogen (secondary N) is 1. The van der Waals surface area contributed by atoms with Gasteiger partial charge in [-0.1, -0.05) is 0 Å². The summed E-state index contributed by atoms with van der Waals surface area (Å²) in [5.41, 5.74) is -0.212. The molecule has 3 heterocycles. The number of hydrogen-bond acceptors (Lipinski definition) is 5. The Hall–Kier alpha value is -1.53. The van der Waals surface area contributed by atoms with Crippen LogP contribution in [0.4, 0.5) is 5.82 Å². The average Bonchev–Trinajstić information content (AvgIpc) is 2.44. The van der Waals surface area contributed by atoms with Crippen molar-refractivity contribution >= 4 is 11.7 Å². The number of nitrogens with zero attached hydrogens (tertiary/aromatic N) is 3. The first-order valence-corrected chi connectivity index (χ1v) is 6.20. The molecule has 1 N–H and O–H groups in total. The van der Waals surface area contributed by atoms with Gasteiger partial charge in [0.05, 0.1) is 18.3 Å². The molecule has 2 fully saturated rings. The van der Waals surface area contributed by atoms with E-state index in [-0.39, 0.29) is 18.1 Å². The van der Waals surface area contributed by atoms with Gasteiger partial charge in [0, 0.05) is 12.4 Å². The third-order valence-corrected chi connectivity index (χ3v) is 3.59. The van der Waals surface area contributed by atoms with Crippen LogP contribution < -0.4 is 10.2 Å². The maximum Gasteiger partial charge on any atom is 0.254 e. The minimum Gasteiger partial charge on any atom is -0.363 e. The maximum atomic E-state index is 11.9. The zero-order chi connectivity index (χ0) is 12.4. The van der Waals surface area contributed by atoms with Gasteiger partial charge in [0.2, 0.25) is 0 Å². The summed E-state index contributed by atoms with van der Waals surface area (Å²) in [6.45, 7) is 2.58. The number of carbonyl (C=O) groups is 1. The van der Waals surface area contributed by atoms with Gasteiger partial charge in [-0.15, -0.1) is 0 Å². The highest BCUT2D eigenvalue weighted by Gasteiger charge is 2.41. The quantitative estimate of drug-likeness (QED) is 0.755. The molecule has 0 bridgehead atoms. The third-order valence-electron chi connectivity index (χ3n) is 3.59. The summed E-state index contributed by atoms with van der Waals surface area (Å²) in [5.74, 6) is 0.573. The van der Waals surface area contributed by atoms with Crippen LogP contribution in [0.2, 0.25) is 0 Å². The summed E-state index contributed by atoms with van der Waals surface area (Å²) < 4.78 is 5.79. The number of aromatic nitrogens is 2. The van der Waals surface area contributed by atoms with Gasteiger partial charge < -0.3 is 10.1 Å². The van der Waals surface area contributed by atoms with Crippen LogP contribution in [0.1, 0.15) is 12.8 Å². The Kier molecular flexibility index (Phi) is 2.97. The van der Waals surface area contributed by atoms with E-state index < -0.39 is 0 Å². The van der Waals surface area contributed by atoms with Crippen molar-refractivity contribution in [3.05, 3.63) is 18.6 Å². The Morgan fingerprint density at radius 1 is 1.33 bits per heavy atom. The molecule has 1 aromatic rings. The first kappa shape index (κ1) is 11.6. The summed E-state index contributed by atoms with van der Waals surface area (Å²) in [5, 5.41) is 3.31. The van der Waals surface area contributed by atoms with Crippen molar-refractivity contribution in [2.75, 3.05) is 31.1 Å². The molecule has 1 spiro atoms. The summed E-state index contributed by atoms with van der Waals surface area (Å²) in [7, 11) is 0. The van der Waals surface area contributed by atoms with Gasteiger partial charge in [-0.25, -0.2) is 4.98 Å². The molecule has 1 aromatic heterocycles. The Labute approximate surface area is 105 Å². The first-order chi connectivity index (χ1) is 8.79. The molecule has 0 unspecified atom stereocenters. The van der Waals surface area contributed by atoms with Crippen molar-refractivity contribution in [2.45, 2.75) is 18.4 Å². The van der Waals surface area contributed by atoms with Crippen LogP contribution in [0, 0.1) is 0 Å². The lowest BCUT2D eigenvalue weighted by Crippen LogP contribution is -2.58. The summed E-state index contributed by atoms with van der Waals surface area (Å²) in [4.78, 5) is 21.9. The normalized spacial score (nSPS) is 23.3. The van der Waals surface area contributed by atoms with E-state index in [0.29, 0.717) is 12.4 Å². The second-order valence-corrected chi connectivity index (χ2v) is 4.77. The SMILES string of the molecule is O=C1COC2(CCNCC2)CN1c1cnccn1. The van der Waals surface area contributed by atoms with Crippen LogP contribution in [0.3, 0.4) is 0 Å². The number of carbonyl (C=O) groups excluding carboxylic acids is 1. The zero-order valence-corrected chi connectivity index (χ0v) is 10.1. The highest BCUT2D eigenvalue weighted by Crippen LogP contribution is 2.29. The Balaban J connectivity index is 1.83. The fraction of sp³-hybridized carbons (Fsp3) is 0.583. The van der Waals surface area contributed by atoms with E-state index in [1.165, 1.54) is 0 Å². The Bertz CT molecular complexity index is 431. The number of ether oxygens (including phenoxy) is 1. The largest absolute Gasteiger partial charge is 0.363 e. The van der Waals surface area contributed by atoms with E-state index in [4.69, 9.17) is 4.74 Å². The van der Waals surface area contributed by atoms with Crippen molar-refractivity contribution in [1.82, 2.24) is 15.3 Å². The topological polar surface area (TPSA) is 67.3 Å². The molecule has 0 radical (unpaired) electrons. The summed E-state index contributed by atoms with van der Waals surface area (Å²) in [6, 6.07) is 0. The Morgan fingerprint density at radius 3 is 2.89 bits per heavy atom. The van der Waals surface area contributed by atoms with Crippen molar-refractivity contribution < 1.29 is 9.53 Å². The van der Waals surface area contributed by atoms with Crippen molar-refractivity contribution in [3.8, 4) is 0 Å². The van der Waals surface area contributed by atoms with E-state index in [0.717, 1.165) is 25.9 Å². The fourth-order valence-corrected chi connectivity index (χ4v) is 2.54. The predicted molar refractivity (Wildman–Crippen MR) is 65.2 cm³/mol. The summed E-state index contributed by atoms with van der Waals surface area (Å²) >= 11 is 0. The van der Waals surface area contributed by atoms with Gasteiger partial charge in [-0.3, -0.25) is 14.7 Å². The number of morpholine rings is 1. The molecule has 0 aliphatic carbocycles. The number of piperidine rings is 1. The second kappa shape index (κ2) is 4.62. The zero-order valence-electron chi connectivity index (χ0n) is 10.1. The maximum absolute atomic E-state index is 11.9. The van der Waals surface area contributed by atoms with E-state index in [9.17, 15) is 4.79 Å². The lowest BCUT2D eigenvalue weighted by atomic mass is 9.90. The first-order valence-electron chi connectivity index (χ1n) is 6.20. The molecule has 2 aliphatic rings. The molecule has 0 saturated carbocycles. The predicted octanol–water partition coefficient (Wildman–Crippen LogP) is -0.0380. The van der Waals surface area contributed by atoms with Gasteiger partial charge in [0.25, 0.3) is 5.91 Å². The number of amides is 1. The smallest absolute Gasteiger partial charge is 0.254 e. The minimum absolute atomic E-state index is 0.0420. The number of hydrogen-bond donors (Lipinski definition) is 1. The van der Waals surface area contributed by atoms with Crippen LogP contribution in [-0.4, -0.2) is 47.7 Å². The monoisotopic (exact) mass is 248 g/mol. The molecule has 3 rings (SSSR count). The van der Waals surface area contributed by atoms with Crippen LogP contribution in [-0.2, 0) is 9.53 Å². The molecular formula is C12H16N4O2. The van der Waals surface area contributed by atoms with E-state index in [1.54, 1.807) is 23.5 Å². The second-order valence-electron chi connectivity index (χ2n) is 4.77. The van der Waals surface area contributed by atoms with Crippen LogP contribution in [0.25, 0.3) is 0 Å². The highest BCUT2D eigenvalue weighted by atomic mass is 16.5. The van der Waals surface area contributed by atoms with Crippen molar-refractivity contribution in [1.29, 1.82) is 0 Å². The lowest BCUT2D eigenvalue weighted by Gasteiger charge is -2.44. The lowest BCUT2D eigenvalue weighted by molar-refractivity contribution is -0.141. The molecule has 6 heteroatoms. The van der Waals surface area contributed by atoms with E-state index in [2.05, 4.69) is 15.3 Å². The van der Waals surface area contributed by atoms with Crippen LogP contribution in [0.15, 0.2) is 18.6 Å². The number of rotatable bonds is 1. The fourth-order valence-electron chi connectivity index (χ4n) is 2.54. The van der Waals surface area contributed by atoms with E-state index in [1.807, 2.05) is 0 Å². The molecule has 1 amide bonds. The Morgan fingerprint density at radius 2 is 2.17 bits per heavy atom. The van der Waals surface area contributed by atoms with Crippen LogP contribution >= 0.6 is 0 Å². The summed E-state index contributed by atoms with van der Waals surface area (Å²) in [6.07, 6.45) is 6.69. The highest BCUT2D eigenvalue weighted by molar-refractivity contribution is 5.94. The standard InChI is InChI=1S/C12H16N4O2/c17-11-8-18-12(1-3-13-4-2-12)9-16(11)10-7-14-5-6-15-10/h5-7,13H,1-4,8-9H2. The molecule has 96 valence electrons. The molecule has 2 saturated heterocycles. The molecule has 0 aromatic carbocycles. The molecule has 2 aliphatic heterocycles. The molecular weight excluding hydrogens is 232 g/mol. The number of anilines is 1. The van der Waals surface area contributed by atoms with Gasteiger partial charge in [-0.05, 0) is 25.9 Å². The van der Waals surface area contributed by atoms with Gasteiger partial charge in [0.1, 0.15) is 6.61 Å². The third kappa shape index (κ3) is 2.09. The van der Waals surface area contributed by atoms with Gasteiger partial charge >= 0.3 is 0 Å². The van der Waals surface area contributed by atoms with E-state index >= 15 is 0 Å². The molecule has 6 nitrogen and oxygen atoms in total. The van der Waals surface area contributed by atoms with Crippen molar-refractivity contribution in [3.63, 3.8) is 0 Å². The van der Waals surface area contributed by atoms with Crippen molar-refractivity contribution in [2.24, 2.45) is 0 Å². The van der Waals surface area contributed by atoms with Gasteiger partial charge in [0.15, 0.2) is 5.82 Å². The minimum atomic E-state index is -0.212. The average molecular weight is 248 g/mol. The van der Waals surface area contributed by atoms with Crippen LogP contribution in [0.5, 0.6) is 0 Å². The van der Waals surface area contributed by atoms with Gasteiger partial charge in [-0.2, -0.15) is 0 Å².